The van der Waals surface area contributed by atoms with E-state index >= 15 is 0 Å². The summed E-state index contributed by atoms with van der Waals surface area (Å²) >= 11 is 0.704. The molecular weight excluding hydrogens is 374 g/mol. The fourth-order valence-electron chi connectivity index (χ4n) is 3.01. The molecule has 2 heterocycles. The van der Waals surface area contributed by atoms with Crippen LogP contribution in [0.1, 0.15) is 16.8 Å². The highest BCUT2D eigenvalue weighted by Crippen LogP contribution is 2.22. The van der Waals surface area contributed by atoms with Gasteiger partial charge < -0.3 is 9.88 Å². The van der Waals surface area contributed by atoms with E-state index in [4.69, 9.17) is 0 Å². The lowest BCUT2D eigenvalue weighted by Gasteiger charge is -2.34. The molecule has 0 saturated carbocycles. The number of amides is 1. The number of sulfonamides is 1. The van der Waals surface area contributed by atoms with E-state index in [0.717, 1.165) is 11.1 Å². The number of aryl methyl sites for hydroxylation is 2. The first-order valence-electron chi connectivity index (χ1n) is 8.31. The lowest BCUT2D eigenvalue weighted by molar-refractivity contribution is -0.131. The molecule has 2 aromatic rings. The van der Waals surface area contributed by atoms with Crippen molar-refractivity contribution in [2.75, 3.05) is 26.2 Å². The van der Waals surface area contributed by atoms with Gasteiger partial charge >= 0.3 is 4.87 Å². The Kier molecular flexibility index (Phi) is 5.31. The van der Waals surface area contributed by atoms with Gasteiger partial charge in [0.15, 0.2) is 4.21 Å². The van der Waals surface area contributed by atoms with Gasteiger partial charge in [-0.1, -0.05) is 35.6 Å². The van der Waals surface area contributed by atoms with E-state index in [-0.39, 0.29) is 28.1 Å². The van der Waals surface area contributed by atoms with E-state index in [1.54, 1.807) is 11.8 Å². The monoisotopic (exact) mass is 395 g/mol. The molecule has 1 aromatic carbocycles. The summed E-state index contributed by atoms with van der Waals surface area (Å²) in [6, 6.07) is 7.75. The molecular formula is C17H21N3O4S2. The number of hydrogen-bond acceptors (Lipinski definition) is 5. The van der Waals surface area contributed by atoms with Crippen LogP contribution in [0.2, 0.25) is 0 Å². The molecule has 140 valence electrons. The minimum Gasteiger partial charge on any atom is -0.340 e. The second-order valence-corrected chi connectivity index (χ2v) is 9.43. The van der Waals surface area contributed by atoms with Crippen LogP contribution in [0.4, 0.5) is 0 Å². The Morgan fingerprint density at radius 1 is 1.15 bits per heavy atom. The number of hydrogen-bond donors (Lipinski definition) is 1. The fraction of sp³-hybridized carbons (Fsp3) is 0.412. The van der Waals surface area contributed by atoms with Crippen LogP contribution in [0.3, 0.4) is 0 Å². The number of aromatic nitrogens is 1. The lowest BCUT2D eigenvalue weighted by atomic mass is 10.1. The molecule has 0 radical (unpaired) electrons. The Hall–Kier alpha value is -1.97. The zero-order valence-electron chi connectivity index (χ0n) is 14.7. The van der Waals surface area contributed by atoms with Gasteiger partial charge in [0.05, 0.1) is 6.42 Å². The molecule has 3 rings (SSSR count). The largest absolute Gasteiger partial charge is 0.340 e. The van der Waals surface area contributed by atoms with Crippen molar-refractivity contribution in [3.05, 3.63) is 50.8 Å². The lowest BCUT2D eigenvalue weighted by Crippen LogP contribution is -2.50. The number of thiazole rings is 1. The second kappa shape index (κ2) is 7.34. The van der Waals surface area contributed by atoms with E-state index in [0.29, 0.717) is 36.5 Å². The molecule has 1 aromatic heterocycles. The van der Waals surface area contributed by atoms with Crippen molar-refractivity contribution >= 4 is 27.3 Å². The van der Waals surface area contributed by atoms with Gasteiger partial charge in [0.1, 0.15) is 0 Å². The molecule has 1 fully saturated rings. The van der Waals surface area contributed by atoms with E-state index in [2.05, 4.69) is 4.98 Å². The highest BCUT2D eigenvalue weighted by molar-refractivity contribution is 7.91. The molecule has 0 unspecified atom stereocenters. The van der Waals surface area contributed by atoms with Crippen molar-refractivity contribution in [1.29, 1.82) is 0 Å². The van der Waals surface area contributed by atoms with Gasteiger partial charge in [-0.15, -0.1) is 0 Å². The number of rotatable bonds is 4. The third-order valence-corrected chi connectivity index (χ3v) is 8.03. The average Bonchev–Trinajstić information content (AvgIpc) is 2.96. The number of carbonyl (C=O) groups excluding carboxylic acids is 1. The summed E-state index contributed by atoms with van der Waals surface area (Å²) in [6.45, 7) is 4.70. The molecule has 0 aliphatic carbocycles. The molecule has 1 amide bonds. The van der Waals surface area contributed by atoms with Gasteiger partial charge in [-0.25, -0.2) is 8.42 Å². The van der Waals surface area contributed by atoms with Crippen molar-refractivity contribution in [3.63, 3.8) is 0 Å². The maximum absolute atomic E-state index is 12.7. The van der Waals surface area contributed by atoms with Crippen molar-refractivity contribution in [2.45, 2.75) is 24.5 Å². The Morgan fingerprint density at radius 3 is 2.38 bits per heavy atom. The third kappa shape index (κ3) is 3.74. The van der Waals surface area contributed by atoms with Gasteiger partial charge in [0.2, 0.25) is 5.91 Å². The molecule has 7 nitrogen and oxygen atoms in total. The summed E-state index contributed by atoms with van der Waals surface area (Å²) in [4.78, 5) is 27.8. The quantitative estimate of drug-likeness (QED) is 0.840. The van der Waals surface area contributed by atoms with Crippen molar-refractivity contribution in [2.24, 2.45) is 0 Å². The number of piperazine rings is 1. The first kappa shape index (κ1) is 18.8. The number of benzene rings is 1. The highest BCUT2D eigenvalue weighted by Gasteiger charge is 2.32. The molecule has 0 bridgehead atoms. The molecule has 1 aliphatic rings. The number of H-pyrrole nitrogens is 1. The topological polar surface area (TPSA) is 90.6 Å². The first-order valence-corrected chi connectivity index (χ1v) is 10.6. The summed E-state index contributed by atoms with van der Waals surface area (Å²) in [6.07, 6.45) is 0.317. The number of carbonyl (C=O) groups is 1. The summed E-state index contributed by atoms with van der Waals surface area (Å²) < 4.78 is 26.8. The number of nitrogens with one attached hydrogen (secondary N) is 1. The molecule has 0 spiro atoms. The standard InChI is InChI=1S/C17H21N3O4S2/c1-12-5-3-4-6-14(12)11-15(21)19-7-9-20(10-8-19)26(23,24)16-13(2)18-17(22)25-16/h3-6H,7-11H2,1-2H3,(H,18,22). The Bertz CT molecular complexity index is 970. The molecule has 26 heavy (non-hydrogen) atoms. The molecule has 0 atom stereocenters. The minimum absolute atomic E-state index is 0.00108. The highest BCUT2D eigenvalue weighted by atomic mass is 32.2. The first-order chi connectivity index (χ1) is 12.3. The van der Waals surface area contributed by atoms with E-state index < -0.39 is 10.0 Å². The predicted octanol–water partition coefficient (Wildman–Crippen LogP) is 1.13. The summed E-state index contributed by atoms with van der Waals surface area (Å²) in [7, 11) is -3.70. The van der Waals surface area contributed by atoms with Crippen molar-refractivity contribution < 1.29 is 13.2 Å². The van der Waals surface area contributed by atoms with Gasteiger partial charge in [-0.3, -0.25) is 9.59 Å². The van der Waals surface area contributed by atoms with Gasteiger partial charge in [-0.2, -0.15) is 4.31 Å². The smallest absolute Gasteiger partial charge is 0.305 e. The van der Waals surface area contributed by atoms with Gasteiger partial charge in [-0.05, 0) is 25.0 Å². The third-order valence-electron chi connectivity index (χ3n) is 4.55. The number of aromatic amines is 1. The summed E-state index contributed by atoms with van der Waals surface area (Å²) in [5.41, 5.74) is 2.42. The SMILES string of the molecule is Cc1ccccc1CC(=O)N1CCN(S(=O)(=O)c2sc(=O)[nH]c2C)CC1. The maximum Gasteiger partial charge on any atom is 0.305 e. The predicted molar refractivity (Wildman–Crippen MR) is 99.9 cm³/mol. The molecule has 9 heteroatoms. The van der Waals surface area contributed by atoms with Crippen LogP contribution in [0.15, 0.2) is 33.3 Å². The van der Waals surface area contributed by atoms with Crippen molar-refractivity contribution in [3.8, 4) is 0 Å². The maximum atomic E-state index is 12.7. The van der Waals surface area contributed by atoms with Gasteiger partial charge in [0, 0.05) is 31.9 Å². The minimum atomic E-state index is -3.70. The van der Waals surface area contributed by atoms with Crippen LogP contribution in [0.25, 0.3) is 0 Å². The Morgan fingerprint density at radius 2 is 1.81 bits per heavy atom. The molecule has 1 N–H and O–H groups in total. The van der Waals surface area contributed by atoms with Gasteiger partial charge in [0.25, 0.3) is 10.0 Å². The van der Waals surface area contributed by atoms with Crippen LogP contribution >= 0.6 is 11.3 Å². The summed E-state index contributed by atoms with van der Waals surface area (Å²) in [5.74, 6) is -0.00108. The van der Waals surface area contributed by atoms with Crippen LogP contribution in [0, 0.1) is 13.8 Å². The zero-order valence-corrected chi connectivity index (χ0v) is 16.3. The van der Waals surface area contributed by atoms with Crippen LogP contribution in [-0.4, -0.2) is 54.7 Å². The van der Waals surface area contributed by atoms with Crippen molar-refractivity contribution in [1.82, 2.24) is 14.2 Å². The number of nitrogens with zero attached hydrogens (tertiary/aromatic N) is 2. The van der Waals surface area contributed by atoms with Crippen LogP contribution in [0.5, 0.6) is 0 Å². The molecule has 1 saturated heterocycles. The summed E-state index contributed by atoms with van der Waals surface area (Å²) in [5, 5.41) is 0. The molecule has 1 aliphatic heterocycles. The van der Waals surface area contributed by atoms with E-state index in [9.17, 15) is 18.0 Å². The average molecular weight is 396 g/mol. The zero-order chi connectivity index (χ0) is 18.9. The van der Waals surface area contributed by atoms with Crippen LogP contribution < -0.4 is 4.87 Å². The van der Waals surface area contributed by atoms with E-state index in [1.165, 1.54) is 4.31 Å². The van der Waals surface area contributed by atoms with E-state index in [1.807, 2.05) is 31.2 Å². The second-order valence-electron chi connectivity index (χ2n) is 6.32. The Balaban J connectivity index is 1.65. The normalized spacial score (nSPS) is 16.0. The van der Waals surface area contributed by atoms with Crippen LogP contribution in [-0.2, 0) is 21.2 Å². The fourth-order valence-corrected chi connectivity index (χ4v) is 5.87. The Labute approximate surface area is 156 Å².